The molecule has 0 atom stereocenters. The first-order valence-corrected chi connectivity index (χ1v) is 3.06. The van der Waals surface area contributed by atoms with Crippen LogP contribution in [0.1, 0.15) is 0 Å². The van der Waals surface area contributed by atoms with Gasteiger partial charge in [0, 0.05) is 0 Å². The highest BCUT2D eigenvalue weighted by atomic mass is 16.2. The Kier molecular flexibility index (Phi) is 1.53. The van der Waals surface area contributed by atoms with Crippen LogP contribution in [0.5, 0.6) is 0 Å². The molecule has 1 rings (SSSR count). The van der Waals surface area contributed by atoms with Crippen LogP contribution in [-0.4, -0.2) is 11.8 Å². The fourth-order valence-electron chi connectivity index (χ4n) is 0.988. The van der Waals surface area contributed by atoms with E-state index in [1.54, 1.807) is 0 Å². The normalized spacial score (nSPS) is 16.0. The van der Waals surface area contributed by atoms with Crippen molar-refractivity contribution in [2.45, 2.75) is 0 Å². The second-order valence-corrected chi connectivity index (χ2v) is 2.31. The number of rotatable bonds is 2. The van der Waals surface area contributed by atoms with Crippen molar-refractivity contribution in [3.8, 4) is 0 Å². The summed E-state index contributed by atoms with van der Waals surface area (Å²) in [5, 5.41) is 0. The molecule has 0 aromatic rings. The maximum absolute atomic E-state index is 10.6. The molecule has 6 nitrogen and oxygen atoms in total. The van der Waals surface area contributed by atoms with Crippen molar-refractivity contribution < 1.29 is 9.59 Å². The van der Waals surface area contributed by atoms with Gasteiger partial charge in [0.1, 0.15) is 0 Å². The summed E-state index contributed by atoms with van der Waals surface area (Å²) in [6.07, 6.45) is 0. The molecule has 0 bridgehead atoms. The Morgan fingerprint density at radius 3 is 1.25 bits per heavy atom. The summed E-state index contributed by atoms with van der Waals surface area (Å²) in [5.41, 5.74) is 20.3. The lowest BCUT2D eigenvalue weighted by Gasteiger charge is -2.21. The van der Waals surface area contributed by atoms with E-state index in [0.717, 1.165) is 0 Å². The molecular weight excluding hydrogens is 160 g/mol. The van der Waals surface area contributed by atoms with Crippen molar-refractivity contribution in [1.82, 2.24) is 0 Å². The van der Waals surface area contributed by atoms with Crippen molar-refractivity contribution in [3.63, 3.8) is 0 Å². The van der Waals surface area contributed by atoms with E-state index in [1.807, 2.05) is 0 Å². The Bertz CT molecular complexity index is 307. The third kappa shape index (κ3) is 0.815. The molecule has 0 saturated carbocycles. The molecule has 0 saturated heterocycles. The van der Waals surface area contributed by atoms with Gasteiger partial charge in [-0.1, -0.05) is 0 Å². The average molecular weight is 168 g/mol. The lowest BCUT2D eigenvalue weighted by molar-refractivity contribution is -0.117. The van der Waals surface area contributed by atoms with Crippen LogP contribution >= 0.6 is 0 Å². The molecule has 64 valence electrons. The van der Waals surface area contributed by atoms with Gasteiger partial charge in [0.15, 0.2) is 0 Å². The van der Waals surface area contributed by atoms with Crippen LogP contribution in [0.25, 0.3) is 0 Å². The molecule has 0 unspecified atom stereocenters. The van der Waals surface area contributed by atoms with E-state index in [1.165, 1.54) is 0 Å². The molecule has 8 N–H and O–H groups in total. The van der Waals surface area contributed by atoms with Crippen LogP contribution in [0.2, 0.25) is 0 Å². The van der Waals surface area contributed by atoms with Crippen LogP contribution in [-0.2, 0) is 9.59 Å². The smallest absolute Gasteiger partial charge is 0.251 e. The monoisotopic (exact) mass is 168 g/mol. The zero-order chi connectivity index (χ0) is 9.46. The second kappa shape index (κ2) is 2.26. The highest BCUT2D eigenvalue weighted by Gasteiger charge is 2.32. The maximum atomic E-state index is 10.6. The molecule has 0 aromatic heterocycles. The van der Waals surface area contributed by atoms with Crippen molar-refractivity contribution in [2.24, 2.45) is 22.9 Å². The minimum Gasteiger partial charge on any atom is -0.396 e. The molecular formula is C6H8N4O2. The Hall–Kier alpha value is -1.98. The highest BCUT2D eigenvalue weighted by molar-refractivity contribution is 6.13. The Labute approximate surface area is 67.9 Å². The van der Waals surface area contributed by atoms with Gasteiger partial charge < -0.3 is 22.9 Å². The number of hydrogen-bond acceptors (Lipinski definition) is 4. The lowest BCUT2D eigenvalue weighted by atomic mass is 9.89. The molecule has 2 amide bonds. The summed E-state index contributed by atoms with van der Waals surface area (Å²) in [4.78, 5) is 21.3. The molecule has 0 heterocycles. The Morgan fingerprint density at radius 1 is 0.833 bits per heavy atom. The van der Waals surface area contributed by atoms with E-state index < -0.39 is 11.8 Å². The first-order valence-electron chi connectivity index (χ1n) is 3.06. The molecule has 0 fully saturated rings. The third-order valence-corrected chi connectivity index (χ3v) is 1.57. The first-order chi connectivity index (χ1) is 5.46. The lowest BCUT2D eigenvalue weighted by Crippen LogP contribution is -2.37. The van der Waals surface area contributed by atoms with Gasteiger partial charge in [-0.2, -0.15) is 0 Å². The van der Waals surface area contributed by atoms with Crippen LogP contribution in [0.15, 0.2) is 22.5 Å². The summed E-state index contributed by atoms with van der Waals surface area (Å²) in [7, 11) is 0. The van der Waals surface area contributed by atoms with Crippen molar-refractivity contribution in [1.29, 1.82) is 0 Å². The SMILES string of the molecule is NC(=O)C1=C(C(N)=O)C(N)=C1N. The maximum Gasteiger partial charge on any atom is 0.251 e. The summed E-state index contributed by atoms with van der Waals surface area (Å²) in [5.74, 6) is -1.59. The topological polar surface area (TPSA) is 138 Å². The second-order valence-electron chi connectivity index (χ2n) is 2.31. The van der Waals surface area contributed by atoms with E-state index in [2.05, 4.69) is 0 Å². The number of nitrogens with two attached hydrogens (primary N) is 4. The van der Waals surface area contributed by atoms with Crippen molar-refractivity contribution in [3.05, 3.63) is 22.5 Å². The van der Waals surface area contributed by atoms with Gasteiger partial charge in [0.05, 0.1) is 22.5 Å². The highest BCUT2D eigenvalue weighted by Crippen LogP contribution is 2.27. The molecule has 0 aliphatic heterocycles. The zero-order valence-electron chi connectivity index (χ0n) is 6.13. The van der Waals surface area contributed by atoms with Crippen LogP contribution < -0.4 is 22.9 Å². The summed E-state index contributed by atoms with van der Waals surface area (Å²) >= 11 is 0. The molecule has 0 spiro atoms. The number of hydrogen-bond donors (Lipinski definition) is 4. The zero-order valence-corrected chi connectivity index (χ0v) is 6.13. The van der Waals surface area contributed by atoms with Crippen LogP contribution in [0.4, 0.5) is 0 Å². The largest absolute Gasteiger partial charge is 0.396 e. The van der Waals surface area contributed by atoms with E-state index >= 15 is 0 Å². The molecule has 6 heteroatoms. The van der Waals surface area contributed by atoms with Crippen molar-refractivity contribution in [2.75, 3.05) is 0 Å². The van der Waals surface area contributed by atoms with Gasteiger partial charge in [-0.3, -0.25) is 9.59 Å². The fraction of sp³-hybridized carbons (Fsp3) is 0. The molecule has 0 aromatic carbocycles. The first kappa shape index (κ1) is 8.12. The van der Waals surface area contributed by atoms with Crippen LogP contribution in [0, 0.1) is 0 Å². The standard InChI is InChI=1S/C6H8N4O2/c7-3-1(5(9)11)2(4(3)8)6(10)12/h7-8H2,(H2,9,11)(H2,10,12). The number of primary amides is 2. The van der Waals surface area contributed by atoms with Gasteiger partial charge in [-0.25, -0.2) is 0 Å². The predicted octanol–water partition coefficient (Wildman–Crippen LogP) is -2.60. The number of carbonyl (C=O) groups is 2. The van der Waals surface area contributed by atoms with Gasteiger partial charge in [-0.15, -0.1) is 0 Å². The van der Waals surface area contributed by atoms with Crippen LogP contribution in [0.3, 0.4) is 0 Å². The van der Waals surface area contributed by atoms with E-state index in [4.69, 9.17) is 22.9 Å². The fourth-order valence-corrected chi connectivity index (χ4v) is 0.988. The van der Waals surface area contributed by atoms with Crippen molar-refractivity contribution >= 4 is 11.8 Å². The Balaban J connectivity index is 3.11. The van der Waals surface area contributed by atoms with Gasteiger partial charge in [0.2, 0.25) is 0 Å². The minimum atomic E-state index is -0.796. The average Bonchev–Trinajstić information content (AvgIpc) is 1.96. The third-order valence-electron chi connectivity index (χ3n) is 1.57. The summed E-state index contributed by atoms with van der Waals surface area (Å²) in [6.45, 7) is 0. The molecule has 12 heavy (non-hydrogen) atoms. The Morgan fingerprint density at radius 2 is 1.08 bits per heavy atom. The molecule has 0 radical (unpaired) electrons. The summed E-state index contributed by atoms with van der Waals surface area (Å²) < 4.78 is 0. The van der Waals surface area contributed by atoms with E-state index in [0.29, 0.717) is 0 Å². The van der Waals surface area contributed by atoms with Gasteiger partial charge in [-0.05, 0) is 0 Å². The predicted molar refractivity (Wildman–Crippen MR) is 40.8 cm³/mol. The van der Waals surface area contributed by atoms with E-state index in [9.17, 15) is 9.59 Å². The minimum absolute atomic E-state index is 0.0382. The quantitative estimate of drug-likeness (QED) is 0.359. The molecule has 1 aliphatic carbocycles. The molecule has 1 aliphatic rings. The number of amides is 2. The summed E-state index contributed by atoms with van der Waals surface area (Å²) in [6, 6.07) is 0. The number of carbonyl (C=O) groups excluding carboxylic acids is 2. The van der Waals surface area contributed by atoms with Gasteiger partial charge >= 0.3 is 0 Å². The van der Waals surface area contributed by atoms with E-state index in [-0.39, 0.29) is 22.5 Å². The van der Waals surface area contributed by atoms with Gasteiger partial charge in [0.25, 0.3) is 11.8 Å².